The van der Waals surface area contributed by atoms with E-state index in [0.717, 1.165) is 0 Å². The third-order valence-electron chi connectivity index (χ3n) is 4.30. The van der Waals surface area contributed by atoms with Gasteiger partial charge in [0.2, 0.25) is 0 Å². The second-order valence-corrected chi connectivity index (χ2v) is 12.3. The van der Waals surface area contributed by atoms with E-state index in [-0.39, 0.29) is 0 Å². The van der Waals surface area contributed by atoms with Crippen molar-refractivity contribution in [1.82, 2.24) is 0 Å². The standard InChI is InChI=1S/2C9H13.Ba/c2*1-2-3-6-9-7-4-5-8-9;/h2*4,7H,2-3,5-6H2,1H3;. The second kappa shape index (κ2) is 8.74. The maximum absolute atomic E-state index is 2.43. The fraction of sp³-hybridized carbons (Fsp3) is 0.556. The molecule has 2 rings (SSSR count). The Morgan fingerprint density at radius 2 is 1.32 bits per heavy atom. The molecule has 2 aliphatic rings. The Labute approximate surface area is 143 Å². The predicted molar refractivity (Wildman–Crippen MR) is 86.4 cm³/mol. The van der Waals surface area contributed by atoms with Crippen molar-refractivity contribution in [3.05, 3.63) is 35.5 Å². The molecular weight excluding hydrogens is 354 g/mol. The minimum absolute atomic E-state index is 0.984. The SMILES string of the molecule is CCCCC1=[C]([Ba][C]2=C(CCCC)C=CC2)CC=C1. The summed E-state index contributed by atoms with van der Waals surface area (Å²) in [5.41, 5.74) is 3.47. The molecule has 0 heterocycles. The van der Waals surface area contributed by atoms with E-state index < -0.39 is 44.2 Å². The Kier molecular flexibility index (Phi) is 7.32. The third-order valence-corrected chi connectivity index (χ3v) is 11.6. The van der Waals surface area contributed by atoms with E-state index in [1.807, 2.05) is 0.0821 Å². The summed E-state index contributed by atoms with van der Waals surface area (Å²) in [7, 11) is 0. The van der Waals surface area contributed by atoms with Gasteiger partial charge in [-0.15, -0.1) is 0 Å². The molecule has 1 heteroatoms. The Hall–Kier alpha value is 0.531. The zero-order valence-electron chi connectivity index (χ0n) is 12.7. The van der Waals surface area contributed by atoms with Crippen LogP contribution in [0.25, 0.3) is 0 Å². The van der Waals surface area contributed by atoms with Crippen LogP contribution in [0.4, 0.5) is 0 Å². The fourth-order valence-corrected chi connectivity index (χ4v) is 9.92. The molecule has 0 N–H and O–H groups in total. The summed E-state index contributed by atoms with van der Waals surface area (Å²) >= 11 is -0.984. The number of rotatable bonds is 8. The summed E-state index contributed by atoms with van der Waals surface area (Å²) in [5.74, 6) is 0. The fourth-order valence-electron chi connectivity index (χ4n) is 3.07. The van der Waals surface area contributed by atoms with Gasteiger partial charge in [-0.1, -0.05) is 0 Å². The van der Waals surface area contributed by atoms with Gasteiger partial charge in [-0.3, -0.25) is 0 Å². The van der Waals surface area contributed by atoms with Gasteiger partial charge >= 0.3 is 145 Å². The van der Waals surface area contributed by atoms with Crippen LogP contribution in [0.5, 0.6) is 0 Å². The van der Waals surface area contributed by atoms with Crippen LogP contribution in [0.1, 0.15) is 65.2 Å². The van der Waals surface area contributed by atoms with Crippen molar-refractivity contribution >= 4 is 44.2 Å². The first-order chi connectivity index (χ1) is 9.35. The van der Waals surface area contributed by atoms with Crippen molar-refractivity contribution in [2.45, 2.75) is 65.2 Å². The van der Waals surface area contributed by atoms with Gasteiger partial charge in [0.15, 0.2) is 0 Å². The van der Waals surface area contributed by atoms with Gasteiger partial charge in [0, 0.05) is 0 Å². The van der Waals surface area contributed by atoms with E-state index in [2.05, 4.69) is 38.2 Å². The van der Waals surface area contributed by atoms with Gasteiger partial charge in [0.1, 0.15) is 0 Å². The molecule has 0 bridgehead atoms. The zero-order chi connectivity index (χ0) is 13.5. The van der Waals surface area contributed by atoms with Crippen LogP contribution in [-0.4, -0.2) is 44.2 Å². The molecule has 0 saturated carbocycles. The molecule has 0 saturated heterocycles. The van der Waals surface area contributed by atoms with Gasteiger partial charge < -0.3 is 0 Å². The van der Waals surface area contributed by atoms with E-state index in [4.69, 9.17) is 0 Å². The van der Waals surface area contributed by atoms with Crippen LogP contribution >= 0.6 is 0 Å². The molecule has 0 unspecified atom stereocenters. The number of hydrogen-bond acceptors (Lipinski definition) is 0. The summed E-state index contributed by atoms with van der Waals surface area (Å²) < 4.78 is 3.84. The van der Waals surface area contributed by atoms with Gasteiger partial charge in [-0.25, -0.2) is 0 Å². The molecule has 100 valence electrons. The Bertz CT molecular complexity index is 381. The first kappa shape index (κ1) is 15.9. The van der Waals surface area contributed by atoms with E-state index in [9.17, 15) is 0 Å². The van der Waals surface area contributed by atoms with Crippen molar-refractivity contribution in [2.24, 2.45) is 0 Å². The molecule has 0 aromatic heterocycles. The van der Waals surface area contributed by atoms with E-state index in [1.54, 1.807) is 11.1 Å². The van der Waals surface area contributed by atoms with Crippen LogP contribution in [0, 0.1) is 0 Å². The Balaban J connectivity index is 1.99. The summed E-state index contributed by atoms with van der Waals surface area (Å²) in [6, 6.07) is 0. The quantitative estimate of drug-likeness (QED) is 0.489. The second-order valence-electron chi connectivity index (χ2n) is 5.85. The van der Waals surface area contributed by atoms with E-state index in [1.165, 1.54) is 51.4 Å². The van der Waals surface area contributed by atoms with Gasteiger partial charge in [0.25, 0.3) is 0 Å². The molecule has 0 aliphatic heterocycles. The van der Waals surface area contributed by atoms with Gasteiger partial charge in [0.05, 0.1) is 0 Å². The Morgan fingerprint density at radius 1 is 0.842 bits per heavy atom. The van der Waals surface area contributed by atoms with Crippen LogP contribution in [0.3, 0.4) is 0 Å². The molecule has 0 aromatic rings. The molecule has 0 radical (unpaired) electrons. The average molecular weight is 380 g/mol. The monoisotopic (exact) mass is 380 g/mol. The summed E-state index contributed by atoms with van der Waals surface area (Å²) in [5, 5.41) is 0. The van der Waals surface area contributed by atoms with Crippen LogP contribution in [0.15, 0.2) is 35.5 Å². The zero-order valence-corrected chi connectivity index (χ0v) is 17.1. The maximum atomic E-state index is 2.43. The first-order valence-corrected chi connectivity index (χ1v) is 12.5. The van der Waals surface area contributed by atoms with Crippen molar-refractivity contribution in [3.63, 3.8) is 0 Å². The van der Waals surface area contributed by atoms with Gasteiger partial charge in [-0.05, 0) is 0 Å². The average Bonchev–Trinajstić information content (AvgIpc) is 3.04. The van der Waals surface area contributed by atoms with Crippen molar-refractivity contribution < 1.29 is 0 Å². The van der Waals surface area contributed by atoms with Crippen molar-refractivity contribution in [1.29, 1.82) is 0 Å². The van der Waals surface area contributed by atoms with Crippen LogP contribution in [-0.2, 0) is 0 Å². The first-order valence-electron chi connectivity index (χ1n) is 8.10. The molecule has 0 spiro atoms. The molecule has 0 amide bonds. The number of unbranched alkanes of at least 4 members (excludes halogenated alkanes) is 2. The van der Waals surface area contributed by atoms with Crippen LogP contribution < -0.4 is 0 Å². The molecule has 19 heavy (non-hydrogen) atoms. The molecule has 0 fully saturated rings. The van der Waals surface area contributed by atoms with Crippen molar-refractivity contribution in [2.75, 3.05) is 0 Å². The molecule has 0 aromatic carbocycles. The summed E-state index contributed by atoms with van der Waals surface area (Å²) in [6.07, 6.45) is 20.4. The van der Waals surface area contributed by atoms with E-state index in [0.29, 0.717) is 0 Å². The summed E-state index contributed by atoms with van der Waals surface area (Å²) in [4.78, 5) is 0. The third kappa shape index (κ3) is 4.79. The normalized spacial score (nSPS) is 17.8. The molecule has 2 aliphatic carbocycles. The molecular formula is C18H26Ba. The van der Waals surface area contributed by atoms with Gasteiger partial charge in [-0.2, -0.15) is 0 Å². The Morgan fingerprint density at radius 3 is 1.74 bits per heavy atom. The predicted octanol–water partition coefficient (Wildman–Crippen LogP) is 5.50. The van der Waals surface area contributed by atoms with E-state index >= 15 is 0 Å². The topological polar surface area (TPSA) is 0 Å². The van der Waals surface area contributed by atoms with Crippen LogP contribution in [0.2, 0.25) is 0 Å². The van der Waals surface area contributed by atoms with Crippen molar-refractivity contribution in [3.8, 4) is 0 Å². The molecule has 0 atom stereocenters. The minimum atomic E-state index is -0.984. The number of hydrogen-bond donors (Lipinski definition) is 0. The molecule has 0 nitrogen and oxygen atoms in total. The summed E-state index contributed by atoms with van der Waals surface area (Å²) in [6.45, 7) is 4.60. The number of allylic oxidation sites excluding steroid dienone is 8.